The van der Waals surface area contributed by atoms with Gasteiger partial charge in [-0.2, -0.15) is 0 Å². The molecule has 0 amide bonds. The molecule has 108 valence electrons. The van der Waals surface area contributed by atoms with Gasteiger partial charge in [-0.25, -0.2) is 0 Å². The summed E-state index contributed by atoms with van der Waals surface area (Å²) in [5.41, 5.74) is 8.67. The van der Waals surface area contributed by atoms with Crippen LogP contribution in [0.3, 0.4) is 0 Å². The number of aliphatic hydroxyl groups excluding tert-OH is 1. The molecule has 3 heteroatoms. The van der Waals surface area contributed by atoms with Crippen LogP contribution in [0.2, 0.25) is 0 Å². The van der Waals surface area contributed by atoms with Crippen LogP contribution in [-0.2, 0) is 5.41 Å². The zero-order valence-corrected chi connectivity index (χ0v) is 12.9. The van der Waals surface area contributed by atoms with Gasteiger partial charge in [-0.15, -0.1) is 12.4 Å². The van der Waals surface area contributed by atoms with Gasteiger partial charge in [0.25, 0.3) is 0 Å². The van der Waals surface area contributed by atoms with E-state index in [1.807, 2.05) is 0 Å². The van der Waals surface area contributed by atoms with Crippen LogP contribution in [0, 0.1) is 5.92 Å². The second-order valence-corrected chi connectivity index (χ2v) is 6.58. The van der Waals surface area contributed by atoms with Crippen LogP contribution in [-0.4, -0.2) is 11.2 Å². The van der Waals surface area contributed by atoms with Gasteiger partial charge in [-0.05, 0) is 35.3 Å². The molecule has 2 nitrogen and oxygen atoms in total. The lowest BCUT2D eigenvalue weighted by molar-refractivity contribution is 0.0413. The number of rotatable bonds is 3. The lowest BCUT2D eigenvalue weighted by Gasteiger charge is -2.34. The van der Waals surface area contributed by atoms with E-state index in [1.54, 1.807) is 0 Å². The first-order valence-electron chi connectivity index (χ1n) is 6.93. The van der Waals surface area contributed by atoms with Crippen molar-refractivity contribution in [2.24, 2.45) is 11.7 Å². The Morgan fingerprint density at radius 1 is 1.16 bits per heavy atom. The van der Waals surface area contributed by atoms with E-state index in [-0.39, 0.29) is 30.0 Å². The summed E-state index contributed by atoms with van der Waals surface area (Å²) in [7, 11) is 0. The first kappa shape index (κ1) is 16.5. The molecule has 1 aromatic carbocycles. The third-order valence-corrected chi connectivity index (χ3v) is 4.16. The average Bonchev–Trinajstić information content (AvgIpc) is 2.24. The molecule has 0 bridgehead atoms. The van der Waals surface area contributed by atoms with Gasteiger partial charge in [-0.3, -0.25) is 0 Å². The lowest BCUT2D eigenvalue weighted by Crippen LogP contribution is -2.36. The van der Waals surface area contributed by atoms with E-state index in [9.17, 15) is 5.11 Å². The van der Waals surface area contributed by atoms with E-state index in [0.717, 1.165) is 18.4 Å². The molecule has 0 aliphatic heterocycles. The maximum atomic E-state index is 10.2. The molecule has 2 rings (SSSR count). The predicted molar refractivity (Wildman–Crippen MR) is 82.7 cm³/mol. The predicted octanol–water partition coefficient (Wildman–Crippen LogP) is 3.57. The highest BCUT2D eigenvalue weighted by atomic mass is 35.5. The summed E-state index contributed by atoms with van der Waals surface area (Å²) in [4.78, 5) is 0. The number of hydrogen-bond acceptors (Lipinski definition) is 2. The van der Waals surface area contributed by atoms with Crippen LogP contribution in [0.15, 0.2) is 24.3 Å². The van der Waals surface area contributed by atoms with Crippen LogP contribution in [0.5, 0.6) is 0 Å². The zero-order chi connectivity index (χ0) is 13.3. The first-order valence-corrected chi connectivity index (χ1v) is 6.93. The average molecular weight is 284 g/mol. The minimum Gasteiger partial charge on any atom is -0.391 e. The Morgan fingerprint density at radius 2 is 1.68 bits per heavy atom. The van der Waals surface area contributed by atoms with Crippen LogP contribution < -0.4 is 5.73 Å². The standard InChI is InChI=1S/C16H25NO.ClH/c1-16(2,3)13-9-7-11(8-10-13)14(17)15(18)12-5-4-6-12;/h7-10,12,14-15,18H,4-6,17H2,1-3H3;1H/t14-,15+;/m0./s1. The van der Waals surface area contributed by atoms with Crippen LogP contribution >= 0.6 is 12.4 Å². The van der Waals surface area contributed by atoms with Crippen LogP contribution in [0.25, 0.3) is 0 Å². The second kappa shape index (κ2) is 6.25. The molecule has 0 heterocycles. The molecule has 19 heavy (non-hydrogen) atoms. The van der Waals surface area contributed by atoms with Crippen molar-refractivity contribution >= 4 is 12.4 Å². The molecule has 0 radical (unpaired) electrons. The topological polar surface area (TPSA) is 46.2 Å². The summed E-state index contributed by atoms with van der Waals surface area (Å²) in [6.45, 7) is 6.60. The Hall–Kier alpha value is -0.570. The Kier molecular flexibility index (Phi) is 5.43. The number of hydrogen-bond donors (Lipinski definition) is 2. The molecule has 2 atom stereocenters. The highest BCUT2D eigenvalue weighted by molar-refractivity contribution is 5.85. The zero-order valence-electron chi connectivity index (χ0n) is 12.1. The quantitative estimate of drug-likeness (QED) is 0.891. The van der Waals surface area contributed by atoms with Gasteiger partial charge >= 0.3 is 0 Å². The van der Waals surface area contributed by atoms with E-state index in [1.165, 1.54) is 12.0 Å². The van der Waals surface area contributed by atoms with E-state index in [4.69, 9.17) is 5.73 Å². The second-order valence-electron chi connectivity index (χ2n) is 6.58. The van der Waals surface area contributed by atoms with Crippen molar-refractivity contribution in [3.63, 3.8) is 0 Å². The molecule has 0 spiro atoms. The van der Waals surface area contributed by atoms with Gasteiger partial charge in [0, 0.05) is 0 Å². The van der Waals surface area contributed by atoms with Gasteiger partial charge in [0.2, 0.25) is 0 Å². The number of benzene rings is 1. The minimum atomic E-state index is -0.390. The fourth-order valence-electron chi connectivity index (χ4n) is 2.48. The monoisotopic (exact) mass is 283 g/mol. The fourth-order valence-corrected chi connectivity index (χ4v) is 2.48. The molecule has 3 N–H and O–H groups in total. The number of aliphatic hydroxyl groups is 1. The fraction of sp³-hybridized carbons (Fsp3) is 0.625. The van der Waals surface area contributed by atoms with E-state index < -0.39 is 0 Å². The van der Waals surface area contributed by atoms with Crippen molar-refractivity contribution in [3.05, 3.63) is 35.4 Å². The SMILES string of the molecule is CC(C)(C)c1ccc([C@H](N)[C@H](O)C2CCC2)cc1.Cl. The van der Waals surface area contributed by atoms with Gasteiger partial charge < -0.3 is 10.8 Å². The molecule has 1 fully saturated rings. The van der Waals surface area contributed by atoms with Gasteiger partial charge in [0.15, 0.2) is 0 Å². The lowest BCUT2D eigenvalue weighted by atomic mass is 9.77. The minimum absolute atomic E-state index is 0. The summed E-state index contributed by atoms with van der Waals surface area (Å²) < 4.78 is 0. The first-order chi connectivity index (χ1) is 8.39. The summed E-state index contributed by atoms with van der Waals surface area (Å²) in [6.07, 6.45) is 3.08. The van der Waals surface area contributed by atoms with Crippen LogP contribution in [0.1, 0.15) is 57.2 Å². The molecular weight excluding hydrogens is 258 g/mol. The summed E-state index contributed by atoms with van der Waals surface area (Å²) in [5, 5.41) is 10.2. The number of nitrogens with two attached hydrogens (primary N) is 1. The van der Waals surface area contributed by atoms with Crippen molar-refractivity contribution in [1.82, 2.24) is 0 Å². The third-order valence-electron chi connectivity index (χ3n) is 4.16. The van der Waals surface area contributed by atoms with Crippen molar-refractivity contribution in [1.29, 1.82) is 0 Å². The Labute approximate surface area is 122 Å². The largest absolute Gasteiger partial charge is 0.391 e. The Balaban J connectivity index is 0.00000180. The highest BCUT2D eigenvalue weighted by Crippen LogP contribution is 2.34. The van der Waals surface area contributed by atoms with E-state index >= 15 is 0 Å². The molecular formula is C16H26ClNO. The van der Waals surface area contributed by atoms with Crippen LogP contribution in [0.4, 0.5) is 0 Å². The van der Waals surface area contributed by atoms with Crippen molar-refractivity contribution in [3.8, 4) is 0 Å². The molecule has 0 saturated heterocycles. The summed E-state index contributed by atoms with van der Waals surface area (Å²) >= 11 is 0. The van der Waals surface area contributed by atoms with E-state index in [0.29, 0.717) is 5.92 Å². The highest BCUT2D eigenvalue weighted by Gasteiger charge is 2.30. The molecule has 1 saturated carbocycles. The molecule has 1 aliphatic rings. The number of halogens is 1. The van der Waals surface area contributed by atoms with Gasteiger partial charge in [0.1, 0.15) is 0 Å². The molecule has 1 aromatic rings. The van der Waals surface area contributed by atoms with Gasteiger partial charge in [0.05, 0.1) is 12.1 Å². The summed E-state index contributed by atoms with van der Waals surface area (Å²) in [6, 6.07) is 8.13. The van der Waals surface area contributed by atoms with Crippen molar-refractivity contribution in [2.75, 3.05) is 0 Å². The third kappa shape index (κ3) is 3.71. The normalized spacial score (nSPS) is 19.2. The Bertz CT molecular complexity index is 392. The van der Waals surface area contributed by atoms with Crippen molar-refractivity contribution < 1.29 is 5.11 Å². The maximum absolute atomic E-state index is 10.2. The molecule has 1 aliphatic carbocycles. The van der Waals surface area contributed by atoms with Gasteiger partial charge in [-0.1, -0.05) is 51.5 Å². The smallest absolute Gasteiger partial charge is 0.0760 e. The molecule has 0 unspecified atom stereocenters. The molecule has 0 aromatic heterocycles. The Morgan fingerprint density at radius 3 is 2.05 bits per heavy atom. The summed E-state index contributed by atoms with van der Waals surface area (Å²) in [5.74, 6) is 0.405. The van der Waals surface area contributed by atoms with E-state index in [2.05, 4.69) is 45.0 Å². The van der Waals surface area contributed by atoms with Crippen molar-refractivity contribution in [2.45, 2.75) is 57.6 Å². The maximum Gasteiger partial charge on any atom is 0.0760 e.